The molecule has 0 saturated carbocycles. The van der Waals surface area contributed by atoms with Crippen molar-refractivity contribution >= 4 is 5.69 Å². The predicted octanol–water partition coefficient (Wildman–Crippen LogP) is 3.38. The number of anilines is 1. The van der Waals surface area contributed by atoms with Gasteiger partial charge in [0.05, 0.1) is 19.4 Å². The summed E-state index contributed by atoms with van der Waals surface area (Å²) >= 11 is 0. The van der Waals surface area contributed by atoms with Crippen LogP contribution < -0.4 is 10.1 Å². The summed E-state index contributed by atoms with van der Waals surface area (Å²) in [6, 6.07) is 16.3. The second kappa shape index (κ2) is 5.33. The van der Waals surface area contributed by atoms with E-state index in [2.05, 4.69) is 23.5 Å². The first kappa shape index (κ1) is 12.1. The largest absolute Gasteiger partial charge is 0.495 e. The maximum atomic E-state index is 5.84. The molecule has 98 valence electrons. The molecule has 0 aliphatic carbocycles. The number of para-hydroxylation sites is 2. The Morgan fingerprint density at radius 2 is 1.89 bits per heavy atom. The van der Waals surface area contributed by atoms with Crippen molar-refractivity contribution in [2.45, 2.75) is 12.6 Å². The Morgan fingerprint density at radius 1 is 1.11 bits per heavy atom. The summed E-state index contributed by atoms with van der Waals surface area (Å²) in [4.78, 5) is 0. The Bertz CT molecular complexity index is 568. The highest BCUT2D eigenvalue weighted by Crippen LogP contribution is 2.31. The van der Waals surface area contributed by atoms with E-state index in [4.69, 9.17) is 9.47 Å². The number of methoxy groups -OCH3 is 1. The van der Waals surface area contributed by atoms with Gasteiger partial charge in [0.2, 0.25) is 0 Å². The van der Waals surface area contributed by atoms with Gasteiger partial charge in [0.25, 0.3) is 0 Å². The van der Waals surface area contributed by atoms with E-state index in [1.807, 2.05) is 30.3 Å². The Labute approximate surface area is 113 Å². The van der Waals surface area contributed by atoms with Gasteiger partial charge in [-0.1, -0.05) is 36.4 Å². The molecule has 0 radical (unpaired) electrons. The van der Waals surface area contributed by atoms with Gasteiger partial charge in [-0.3, -0.25) is 0 Å². The average molecular weight is 255 g/mol. The summed E-state index contributed by atoms with van der Waals surface area (Å²) in [5.41, 5.74) is 3.51. The molecule has 3 heteroatoms. The predicted molar refractivity (Wildman–Crippen MR) is 75.5 cm³/mol. The average Bonchev–Trinajstić information content (AvgIpc) is 2.48. The second-order valence-corrected chi connectivity index (χ2v) is 4.54. The van der Waals surface area contributed by atoms with E-state index >= 15 is 0 Å². The molecule has 0 aromatic heterocycles. The second-order valence-electron chi connectivity index (χ2n) is 4.54. The molecule has 0 amide bonds. The number of fused-ring (bicyclic) bond motifs is 1. The van der Waals surface area contributed by atoms with Crippen LogP contribution in [0.3, 0.4) is 0 Å². The first-order valence-electron chi connectivity index (χ1n) is 6.47. The van der Waals surface area contributed by atoms with Crippen LogP contribution in [0.25, 0.3) is 0 Å². The minimum Gasteiger partial charge on any atom is -0.495 e. The van der Waals surface area contributed by atoms with Crippen molar-refractivity contribution in [3.8, 4) is 5.75 Å². The smallest absolute Gasteiger partial charge is 0.154 e. The lowest BCUT2D eigenvalue weighted by Gasteiger charge is -2.28. The number of ether oxygens (including phenoxy) is 2. The summed E-state index contributed by atoms with van der Waals surface area (Å²) in [7, 11) is 1.68. The van der Waals surface area contributed by atoms with Crippen LogP contribution >= 0.6 is 0 Å². The van der Waals surface area contributed by atoms with Gasteiger partial charge in [-0.25, -0.2) is 0 Å². The van der Waals surface area contributed by atoms with Crippen molar-refractivity contribution in [3.05, 3.63) is 59.7 Å². The maximum Gasteiger partial charge on any atom is 0.154 e. The van der Waals surface area contributed by atoms with Gasteiger partial charge in [-0.2, -0.15) is 0 Å². The van der Waals surface area contributed by atoms with Crippen molar-refractivity contribution in [1.29, 1.82) is 0 Å². The standard InChI is InChI=1S/C16H17NO2/c1-18-15-9-5-4-8-14(15)17-16-13-7-3-2-6-12(13)10-11-19-16/h2-9,16-17H,10-11H2,1H3. The van der Waals surface area contributed by atoms with Crippen molar-refractivity contribution in [1.82, 2.24) is 0 Å². The highest BCUT2D eigenvalue weighted by Gasteiger charge is 2.20. The highest BCUT2D eigenvalue weighted by molar-refractivity contribution is 5.57. The fourth-order valence-corrected chi connectivity index (χ4v) is 2.42. The third-order valence-electron chi connectivity index (χ3n) is 3.39. The molecule has 19 heavy (non-hydrogen) atoms. The van der Waals surface area contributed by atoms with Crippen molar-refractivity contribution in [2.24, 2.45) is 0 Å². The van der Waals surface area contributed by atoms with E-state index in [1.165, 1.54) is 11.1 Å². The van der Waals surface area contributed by atoms with Crippen molar-refractivity contribution in [3.63, 3.8) is 0 Å². The monoisotopic (exact) mass is 255 g/mol. The van der Waals surface area contributed by atoms with Crippen molar-refractivity contribution in [2.75, 3.05) is 19.0 Å². The van der Waals surface area contributed by atoms with Crippen LogP contribution in [-0.4, -0.2) is 13.7 Å². The lowest BCUT2D eigenvalue weighted by molar-refractivity contribution is 0.0616. The topological polar surface area (TPSA) is 30.5 Å². The van der Waals surface area contributed by atoms with Gasteiger partial charge >= 0.3 is 0 Å². The Balaban J connectivity index is 1.88. The van der Waals surface area contributed by atoms with Crippen LogP contribution in [0.1, 0.15) is 17.4 Å². The van der Waals surface area contributed by atoms with E-state index in [-0.39, 0.29) is 6.23 Å². The van der Waals surface area contributed by atoms with E-state index in [0.717, 1.165) is 24.5 Å². The molecule has 0 fully saturated rings. The fourth-order valence-electron chi connectivity index (χ4n) is 2.42. The Hall–Kier alpha value is -2.00. The third-order valence-corrected chi connectivity index (χ3v) is 3.39. The molecule has 1 heterocycles. The molecule has 2 aromatic rings. The molecule has 3 rings (SSSR count). The Kier molecular flexibility index (Phi) is 3.38. The van der Waals surface area contributed by atoms with Gasteiger partial charge < -0.3 is 14.8 Å². The van der Waals surface area contributed by atoms with E-state index in [1.54, 1.807) is 7.11 Å². The van der Waals surface area contributed by atoms with Gasteiger partial charge in [0.1, 0.15) is 5.75 Å². The zero-order valence-electron chi connectivity index (χ0n) is 10.9. The molecule has 1 aliphatic heterocycles. The number of hydrogen-bond donors (Lipinski definition) is 1. The van der Waals surface area contributed by atoms with Crippen LogP contribution in [0.15, 0.2) is 48.5 Å². The maximum absolute atomic E-state index is 5.84. The normalized spacial score (nSPS) is 17.6. The molecular formula is C16H17NO2. The summed E-state index contributed by atoms with van der Waals surface area (Å²) in [6.07, 6.45) is 0.863. The molecule has 1 unspecified atom stereocenters. The molecule has 0 bridgehead atoms. The fraction of sp³-hybridized carbons (Fsp3) is 0.250. The van der Waals surface area contributed by atoms with Crippen LogP contribution in [0.4, 0.5) is 5.69 Å². The molecule has 0 spiro atoms. The van der Waals surface area contributed by atoms with Gasteiger partial charge in [-0.15, -0.1) is 0 Å². The number of benzene rings is 2. The molecule has 2 aromatic carbocycles. The summed E-state index contributed by atoms with van der Waals surface area (Å²) in [5, 5.41) is 3.41. The molecule has 1 N–H and O–H groups in total. The third kappa shape index (κ3) is 2.42. The minimum absolute atomic E-state index is 0.110. The van der Waals surface area contributed by atoms with E-state index in [0.29, 0.717) is 0 Å². The van der Waals surface area contributed by atoms with E-state index < -0.39 is 0 Å². The summed E-state index contributed by atoms with van der Waals surface area (Å²) < 4.78 is 11.2. The first-order chi connectivity index (χ1) is 9.38. The lowest BCUT2D eigenvalue weighted by atomic mass is 10.0. The zero-order chi connectivity index (χ0) is 13.1. The highest BCUT2D eigenvalue weighted by atomic mass is 16.5. The van der Waals surface area contributed by atoms with Crippen molar-refractivity contribution < 1.29 is 9.47 Å². The van der Waals surface area contributed by atoms with Gasteiger partial charge in [0, 0.05) is 5.56 Å². The Morgan fingerprint density at radius 3 is 2.79 bits per heavy atom. The van der Waals surface area contributed by atoms with Crippen LogP contribution in [0.5, 0.6) is 5.75 Å². The summed E-state index contributed by atoms with van der Waals surface area (Å²) in [5.74, 6) is 0.828. The number of nitrogens with one attached hydrogen (secondary N) is 1. The SMILES string of the molecule is COc1ccccc1NC1OCCc2ccccc21. The lowest BCUT2D eigenvalue weighted by Crippen LogP contribution is -2.22. The summed E-state index contributed by atoms with van der Waals surface area (Å²) in [6.45, 7) is 0.740. The number of rotatable bonds is 3. The first-order valence-corrected chi connectivity index (χ1v) is 6.47. The number of hydrogen-bond acceptors (Lipinski definition) is 3. The zero-order valence-corrected chi connectivity index (χ0v) is 10.9. The molecule has 0 saturated heterocycles. The van der Waals surface area contributed by atoms with Crippen LogP contribution in [0, 0.1) is 0 Å². The van der Waals surface area contributed by atoms with E-state index in [9.17, 15) is 0 Å². The van der Waals surface area contributed by atoms with Gasteiger partial charge in [0.15, 0.2) is 6.23 Å². The molecule has 1 aliphatic rings. The quantitative estimate of drug-likeness (QED) is 0.912. The molecule has 3 nitrogen and oxygen atoms in total. The van der Waals surface area contributed by atoms with Crippen LogP contribution in [0.2, 0.25) is 0 Å². The molecule has 1 atom stereocenters. The minimum atomic E-state index is -0.110. The van der Waals surface area contributed by atoms with Crippen LogP contribution in [-0.2, 0) is 11.2 Å². The van der Waals surface area contributed by atoms with Gasteiger partial charge in [-0.05, 0) is 24.1 Å². The molecular weight excluding hydrogens is 238 g/mol.